The smallest absolute Gasteiger partial charge is 0.344 e. The van der Waals surface area contributed by atoms with Gasteiger partial charge in [0.05, 0.1) is 12.7 Å². The second-order valence-electron chi connectivity index (χ2n) is 6.15. The molecule has 4 rings (SSSR count). The maximum atomic E-state index is 12.7. The van der Waals surface area contributed by atoms with Crippen molar-refractivity contribution in [1.29, 1.82) is 0 Å². The number of esters is 1. The number of benzene rings is 3. The number of hydrogen-bond donors (Lipinski definition) is 0. The van der Waals surface area contributed by atoms with Crippen LogP contribution in [0, 0.1) is 0 Å². The van der Waals surface area contributed by atoms with Crippen LogP contribution in [0.25, 0.3) is 17.2 Å². The Morgan fingerprint density at radius 2 is 1.30 bits per heavy atom. The van der Waals surface area contributed by atoms with Gasteiger partial charge in [0, 0.05) is 5.57 Å². The average molecular weight is 354 g/mol. The Morgan fingerprint density at radius 1 is 0.741 bits per heavy atom. The maximum Gasteiger partial charge on any atom is 0.344 e. The van der Waals surface area contributed by atoms with E-state index in [1.807, 2.05) is 91.0 Å². The summed E-state index contributed by atoms with van der Waals surface area (Å²) in [6.07, 6.45) is 1.88. The number of hydrogen-bond acceptors (Lipinski definition) is 3. The fourth-order valence-electron chi connectivity index (χ4n) is 3.14. The number of rotatable bonds is 4. The van der Waals surface area contributed by atoms with E-state index in [4.69, 9.17) is 9.47 Å². The van der Waals surface area contributed by atoms with Crippen LogP contribution in [0.1, 0.15) is 16.7 Å². The third-order valence-corrected chi connectivity index (χ3v) is 4.44. The lowest BCUT2D eigenvalue weighted by molar-refractivity contribution is -0.131. The Bertz CT molecular complexity index is 1010. The van der Waals surface area contributed by atoms with Crippen molar-refractivity contribution in [2.24, 2.45) is 0 Å². The molecular formula is C24H18O3. The topological polar surface area (TPSA) is 35.5 Å². The first-order valence-corrected chi connectivity index (χ1v) is 8.69. The summed E-state index contributed by atoms with van der Waals surface area (Å²) < 4.78 is 10.9. The van der Waals surface area contributed by atoms with Crippen LogP contribution in [-0.2, 0) is 9.53 Å². The summed E-state index contributed by atoms with van der Waals surface area (Å²) in [5.41, 5.74) is 4.12. The molecule has 1 aliphatic heterocycles. The van der Waals surface area contributed by atoms with Gasteiger partial charge in [-0.1, -0.05) is 72.8 Å². The molecule has 0 aromatic heterocycles. The molecule has 0 radical (unpaired) electrons. The predicted molar refractivity (Wildman–Crippen MR) is 107 cm³/mol. The summed E-state index contributed by atoms with van der Waals surface area (Å²) in [6.45, 7) is 0. The standard InChI is InChI=1S/C24H18O3/c1-26-20-14-12-17(13-15-20)16-21-22(18-8-4-2-5-9-18)23(24(25)27-21)19-10-6-3-7-11-19/h2-16H,1H3/b21-16-. The second-order valence-corrected chi connectivity index (χ2v) is 6.15. The number of cyclic esters (lactones) is 1. The molecule has 3 nitrogen and oxygen atoms in total. The molecule has 0 saturated carbocycles. The first-order valence-electron chi connectivity index (χ1n) is 8.69. The lowest BCUT2D eigenvalue weighted by Crippen LogP contribution is -1.98. The molecule has 0 fully saturated rings. The van der Waals surface area contributed by atoms with E-state index in [9.17, 15) is 4.79 Å². The molecule has 3 aromatic rings. The number of methoxy groups -OCH3 is 1. The largest absolute Gasteiger partial charge is 0.497 e. The molecule has 1 heterocycles. The van der Waals surface area contributed by atoms with Crippen LogP contribution < -0.4 is 4.74 Å². The predicted octanol–water partition coefficient (Wildman–Crippen LogP) is 5.20. The fraction of sp³-hybridized carbons (Fsp3) is 0.0417. The fourth-order valence-corrected chi connectivity index (χ4v) is 3.14. The van der Waals surface area contributed by atoms with Crippen molar-refractivity contribution in [3.63, 3.8) is 0 Å². The van der Waals surface area contributed by atoms with Crippen LogP contribution in [0.4, 0.5) is 0 Å². The first-order chi connectivity index (χ1) is 13.3. The average Bonchev–Trinajstić information content (AvgIpc) is 3.05. The van der Waals surface area contributed by atoms with E-state index in [0.29, 0.717) is 11.3 Å². The number of ether oxygens (including phenoxy) is 2. The molecule has 3 aromatic carbocycles. The Morgan fingerprint density at radius 3 is 1.85 bits per heavy atom. The van der Waals surface area contributed by atoms with Crippen molar-refractivity contribution in [1.82, 2.24) is 0 Å². The third kappa shape index (κ3) is 3.40. The third-order valence-electron chi connectivity index (χ3n) is 4.44. The normalized spacial score (nSPS) is 15.1. The van der Waals surface area contributed by atoms with Crippen molar-refractivity contribution in [2.75, 3.05) is 7.11 Å². The van der Waals surface area contributed by atoms with E-state index in [1.54, 1.807) is 7.11 Å². The van der Waals surface area contributed by atoms with E-state index >= 15 is 0 Å². The van der Waals surface area contributed by atoms with Gasteiger partial charge in [0.25, 0.3) is 0 Å². The zero-order valence-electron chi connectivity index (χ0n) is 14.9. The van der Waals surface area contributed by atoms with Gasteiger partial charge in [0.2, 0.25) is 0 Å². The first kappa shape index (κ1) is 16.9. The van der Waals surface area contributed by atoms with Gasteiger partial charge in [0.1, 0.15) is 11.5 Å². The molecule has 3 heteroatoms. The molecule has 0 bridgehead atoms. The van der Waals surface area contributed by atoms with Crippen LogP contribution in [0.15, 0.2) is 90.7 Å². The van der Waals surface area contributed by atoms with Gasteiger partial charge >= 0.3 is 5.97 Å². The maximum absolute atomic E-state index is 12.7. The van der Waals surface area contributed by atoms with Crippen molar-refractivity contribution in [3.05, 3.63) is 107 Å². The lowest BCUT2D eigenvalue weighted by atomic mass is 9.94. The van der Waals surface area contributed by atoms with Gasteiger partial charge < -0.3 is 9.47 Å². The molecule has 132 valence electrons. The van der Waals surface area contributed by atoms with Gasteiger partial charge in [-0.2, -0.15) is 0 Å². The zero-order chi connectivity index (χ0) is 18.6. The van der Waals surface area contributed by atoms with E-state index in [2.05, 4.69) is 0 Å². The highest BCUT2D eigenvalue weighted by atomic mass is 16.5. The molecular weight excluding hydrogens is 336 g/mol. The monoisotopic (exact) mass is 354 g/mol. The number of allylic oxidation sites excluding steroid dienone is 1. The Balaban J connectivity index is 1.87. The van der Waals surface area contributed by atoms with Gasteiger partial charge in [-0.15, -0.1) is 0 Å². The highest BCUT2D eigenvalue weighted by Crippen LogP contribution is 2.40. The minimum Gasteiger partial charge on any atom is -0.497 e. The van der Waals surface area contributed by atoms with Gasteiger partial charge in [-0.05, 0) is 34.9 Å². The highest BCUT2D eigenvalue weighted by Gasteiger charge is 2.31. The molecule has 1 aliphatic rings. The Labute approximate surface area is 158 Å². The van der Waals surface area contributed by atoms with Crippen LogP contribution in [-0.4, -0.2) is 13.1 Å². The van der Waals surface area contributed by atoms with Crippen LogP contribution in [0.3, 0.4) is 0 Å². The summed E-state index contributed by atoms with van der Waals surface area (Å²) in [4.78, 5) is 12.7. The van der Waals surface area contributed by atoms with Crippen LogP contribution >= 0.6 is 0 Å². The SMILES string of the molecule is COc1ccc(/C=C2\OC(=O)C(c3ccccc3)=C2c2ccccc2)cc1. The molecule has 0 aliphatic carbocycles. The Kier molecular flexibility index (Phi) is 4.58. The molecule has 0 saturated heterocycles. The van der Waals surface area contributed by atoms with Crippen molar-refractivity contribution < 1.29 is 14.3 Å². The summed E-state index contributed by atoms with van der Waals surface area (Å²) in [5, 5.41) is 0. The van der Waals surface area contributed by atoms with E-state index in [1.165, 1.54) is 0 Å². The molecule has 0 amide bonds. The van der Waals surface area contributed by atoms with Crippen molar-refractivity contribution in [2.45, 2.75) is 0 Å². The zero-order valence-corrected chi connectivity index (χ0v) is 14.9. The summed E-state index contributed by atoms with van der Waals surface area (Å²) in [5.74, 6) is 0.999. The van der Waals surface area contributed by atoms with Gasteiger partial charge in [-0.3, -0.25) is 0 Å². The van der Waals surface area contributed by atoms with E-state index < -0.39 is 0 Å². The van der Waals surface area contributed by atoms with Gasteiger partial charge in [-0.25, -0.2) is 4.79 Å². The number of carbonyl (C=O) groups is 1. The van der Waals surface area contributed by atoms with Crippen molar-refractivity contribution in [3.8, 4) is 5.75 Å². The highest BCUT2D eigenvalue weighted by molar-refractivity contribution is 6.30. The van der Waals surface area contributed by atoms with Crippen LogP contribution in [0.5, 0.6) is 5.75 Å². The second kappa shape index (κ2) is 7.34. The molecule has 0 spiro atoms. The summed E-state index contributed by atoms with van der Waals surface area (Å²) >= 11 is 0. The van der Waals surface area contributed by atoms with Gasteiger partial charge in [0.15, 0.2) is 0 Å². The summed E-state index contributed by atoms with van der Waals surface area (Å²) in [7, 11) is 1.63. The number of carbonyl (C=O) groups excluding carboxylic acids is 1. The van der Waals surface area contributed by atoms with E-state index in [0.717, 1.165) is 28.0 Å². The van der Waals surface area contributed by atoms with Crippen LogP contribution in [0.2, 0.25) is 0 Å². The molecule has 0 atom stereocenters. The van der Waals surface area contributed by atoms with Crippen molar-refractivity contribution >= 4 is 23.2 Å². The minimum atomic E-state index is -0.334. The molecule has 0 unspecified atom stereocenters. The molecule has 27 heavy (non-hydrogen) atoms. The quantitative estimate of drug-likeness (QED) is 0.604. The minimum absolute atomic E-state index is 0.334. The van der Waals surface area contributed by atoms with E-state index in [-0.39, 0.29) is 5.97 Å². The summed E-state index contributed by atoms with van der Waals surface area (Å²) in [6, 6.07) is 27.1. The Hall–Kier alpha value is -3.59. The molecule has 0 N–H and O–H groups in total. The lowest BCUT2D eigenvalue weighted by Gasteiger charge is -2.07.